The molecule has 0 saturated carbocycles. The highest BCUT2D eigenvalue weighted by Crippen LogP contribution is 2.13. The average molecular weight is 259 g/mol. The fourth-order valence-corrected chi connectivity index (χ4v) is 2.00. The van der Waals surface area contributed by atoms with Gasteiger partial charge in [0.25, 0.3) is 0 Å². The van der Waals surface area contributed by atoms with E-state index in [9.17, 15) is 4.79 Å². The molecule has 0 aliphatic rings. The first kappa shape index (κ1) is 12.8. The van der Waals surface area contributed by atoms with Crippen molar-refractivity contribution in [3.63, 3.8) is 0 Å². The first-order chi connectivity index (χ1) is 8.75. The Morgan fingerprint density at radius 3 is 2.28 bits per heavy atom. The first-order valence-corrected chi connectivity index (χ1v) is 6.46. The van der Waals surface area contributed by atoms with Gasteiger partial charge < -0.3 is 0 Å². The van der Waals surface area contributed by atoms with Gasteiger partial charge in [0.15, 0.2) is 5.78 Å². The average Bonchev–Trinajstić information content (AvgIpc) is 2.40. The predicted molar refractivity (Wildman–Crippen MR) is 75.2 cm³/mol. The van der Waals surface area contributed by atoms with Crippen LogP contribution in [-0.4, -0.2) is 5.78 Å². The van der Waals surface area contributed by atoms with E-state index in [1.165, 1.54) is 5.56 Å². The van der Waals surface area contributed by atoms with Crippen LogP contribution in [0.4, 0.5) is 0 Å². The second-order valence-corrected chi connectivity index (χ2v) is 4.71. The maximum absolute atomic E-state index is 11.9. The van der Waals surface area contributed by atoms with Gasteiger partial charge in [-0.15, -0.1) is 0 Å². The minimum Gasteiger partial charge on any atom is -0.294 e. The largest absolute Gasteiger partial charge is 0.294 e. The van der Waals surface area contributed by atoms with Crippen molar-refractivity contribution in [1.82, 2.24) is 0 Å². The normalized spacial score (nSPS) is 10.3. The molecule has 0 heterocycles. The van der Waals surface area contributed by atoms with Gasteiger partial charge >= 0.3 is 0 Å². The lowest BCUT2D eigenvalue weighted by atomic mass is 10.0. The van der Waals surface area contributed by atoms with Gasteiger partial charge in [-0.2, -0.15) is 0 Å². The summed E-state index contributed by atoms with van der Waals surface area (Å²) in [6.45, 7) is 0. The molecular formula is C16H15ClO. The van der Waals surface area contributed by atoms with E-state index in [1.54, 1.807) is 24.3 Å². The zero-order valence-electron chi connectivity index (χ0n) is 10.1. The van der Waals surface area contributed by atoms with Crippen molar-refractivity contribution in [2.24, 2.45) is 0 Å². The van der Waals surface area contributed by atoms with Gasteiger partial charge in [-0.1, -0.05) is 41.9 Å². The lowest BCUT2D eigenvalue weighted by molar-refractivity contribution is 0.0980. The summed E-state index contributed by atoms with van der Waals surface area (Å²) in [6, 6.07) is 17.3. The lowest BCUT2D eigenvalue weighted by Gasteiger charge is -2.02. The molecule has 0 saturated heterocycles. The Hall–Kier alpha value is -1.60. The van der Waals surface area contributed by atoms with Crippen LogP contribution in [0.1, 0.15) is 28.8 Å². The number of benzene rings is 2. The van der Waals surface area contributed by atoms with Crippen molar-refractivity contribution in [1.29, 1.82) is 0 Å². The predicted octanol–water partition coefficient (Wildman–Crippen LogP) is 4.55. The zero-order chi connectivity index (χ0) is 12.8. The Morgan fingerprint density at radius 2 is 1.61 bits per heavy atom. The molecule has 0 fully saturated rings. The molecule has 0 spiro atoms. The molecule has 2 aromatic carbocycles. The molecule has 0 amide bonds. The maximum atomic E-state index is 11.9. The molecule has 0 atom stereocenters. The topological polar surface area (TPSA) is 17.1 Å². The van der Waals surface area contributed by atoms with E-state index in [0.29, 0.717) is 11.4 Å². The minimum atomic E-state index is 0.183. The van der Waals surface area contributed by atoms with Gasteiger partial charge in [0.2, 0.25) is 0 Å². The molecule has 2 heteroatoms. The van der Waals surface area contributed by atoms with Gasteiger partial charge in [0.1, 0.15) is 0 Å². The van der Waals surface area contributed by atoms with E-state index in [2.05, 4.69) is 12.1 Å². The number of ketones is 1. The minimum absolute atomic E-state index is 0.183. The van der Waals surface area contributed by atoms with Gasteiger partial charge in [-0.25, -0.2) is 0 Å². The zero-order valence-corrected chi connectivity index (χ0v) is 10.9. The van der Waals surface area contributed by atoms with Crippen LogP contribution in [0.15, 0.2) is 54.6 Å². The quantitative estimate of drug-likeness (QED) is 0.720. The summed E-state index contributed by atoms with van der Waals surface area (Å²) in [5.41, 5.74) is 2.02. The van der Waals surface area contributed by atoms with Crippen molar-refractivity contribution in [2.45, 2.75) is 19.3 Å². The Kier molecular flexibility index (Phi) is 4.54. The highest BCUT2D eigenvalue weighted by atomic mass is 35.5. The molecule has 2 rings (SSSR count). The van der Waals surface area contributed by atoms with Gasteiger partial charge in [0, 0.05) is 17.0 Å². The Morgan fingerprint density at radius 1 is 0.944 bits per heavy atom. The highest BCUT2D eigenvalue weighted by molar-refractivity contribution is 6.30. The first-order valence-electron chi connectivity index (χ1n) is 6.08. The Balaban J connectivity index is 1.84. The molecule has 18 heavy (non-hydrogen) atoms. The third-order valence-electron chi connectivity index (χ3n) is 2.88. The van der Waals surface area contributed by atoms with Crippen molar-refractivity contribution in [3.05, 3.63) is 70.7 Å². The summed E-state index contributed by atoms with van der Waals surface area (Å²) >= 11 is 5.79. The molecule has 92 valence electrons. The number of rotatable bonds is 5. The van der Waals surface area contributed by atoms with Gasteiger partial charge in [0.05, 0.1) is 0 Å². The Bertz CT molecular complexity index is 502. The van der Waals surface area contributed by atoms with Gasteiger partial charge in [-0.05, 0) is 42.7 Å². The number of carbonyl (C=O) groups is 1. The highest BCUT2D eigenvalue weighted by Gasteiger charge is 2.05. The third kappa shape index (κ3) is 3.71. The Labute approximate surface area is 112 Å². The number of Topliss-reactive ketones (excluding diaryl/α,β-unsaturated/α-hetero) is 1. The maximum Gasteiger partial charge on any atom is 0.162 e. The van der Waals surface area contributed by atoms with Crippen LogP contribution in [0, 0.1) is 0 Å². The molecule has 0 aliphatic heterocycles. The molecule has 0 bridgehead atoms. The second kappa shape index (κ2) is 6.36. The van der Waals surface area contributed by atoms with Crippen LogP contribution in [0.2, 0.25) is 5.02 Å². The summed E-state index contributed by atoms with van der Waals surface area (Å²) in [7, 11) is 0. The molecule has 0 aromatic heterocycles. The van der Waals surface area contributed by atoms with Crippen molar-refractivity contribution in [2.75, 3.05) is 0 Å². The van der Waals surface area contributed by atoms with Crippen molar-refractivity contribution < 1.29 is 4.79 Å². The molecule has 0 aliphatic carbocycles. The van der Waals surface area contributed by atoms with Crippen LogP contribution in [0.3, 0.4) is 0 Å². The van der Waals surface area contributed by atoms with Crippen LogP contribution < -0.4 is 0 Å². The van der Waals surface area contributed by atoms with E-state index in [1.807, 2.05) is 18.2 Å². The lowest BCUT2D eigenvalue weighted by Crippen LogP contribution is -1.99. The number of carbonyl (C=O) groups excluding carboxylic acids is 1. The standard InChI is InChI=1S/C16H15ClO/c17-15-11-9-14(10-12-15)16(18)8-4-7-13-5-2-1-3-6-13/h1-3,5-6,9-12H,4,7-8H2. The summed E-state index contributed by atoms with van der Waals surface area (Å²) < 4.78 is 0. The number of hydrogen-bond donors (Lipinski definition) is 0. The van der Waals surface area contributed by atoms with E-state index >= 15 is 0 Å². The molecule has 0 radical (unpaired) electrons. The summed E-state index contributed by atoms with van der Waals surface area (Å²) in [4.78, 5) is 11.9. The van der Waals surface area contributed by atoms with Crippen LogP contribution >= 0.6 is 11.6 Å². The summed E-state index contributed by atoms with van der Waals surface area (Å²) in [6.07, 6.45) is 2.40. The fourth-order valence-electron chi connectivity index (χ4n) is 1.88. The number of halogens is 1. The number of hydrogen-bond acceptors (Lipinski definition) is 1. The van der Waals surface area contributed by atoms with E-state index in [0.717, 1.165) is 18.4 Å². The van der Waals surface area contributed by atoms with Crippen molar-refractivity contribution >= 4 is 17.4 Å². The van der Waals surface area contributed by atoms with Crippen molar-refractivity contribution in [3.8, 4) is 0 Å². The van der Waals surface area contributed by atoms with Crippen LogP contribution in [0.25, 0.3) is 0 Å². The summed E-state index contributed by atoms with van der Waals surface area (Å²) in [5.74, 6) is 0.183. The van der Waals surface area contributed by atoms with Gasteiger partial charge in [-0.3, -0.25) is 4.79 Å². The second-order valence-electron chi connectivity index (χ2n) is 4.27. The summed E-state index contributed by atoms with van der Waals surface area (Å²) in [5, 5.41) is 0.663. The van der Waals surface area contributed by atoms with Crippen LogP contribution in [-0.2, 0) is 6.42 Å². The fraction of sp³-hybridized carbons (Fsp3) is 0.188. The molecule has 2 aromatic rings. The number of aryl methyl sites for hydroxylation is 1. The van der Waals surface area contributed by atoms with E-state index in [-0.39, 0.29) is 5.78 Å². The third-order valence-corrected chi connectivity index (χ3v) is 3.13. The smallest absolute Gasteiger partial charge is 0.162 e. The molecular weight excluding hydrogens is 244 g/mol. The molecule has 1 nitrogen and oxygen atoms in total. The monoisotopic (exact) mass is 258 g/mol. The van der Waals surface area contributed by atoms with E-state index < -0.39 is 0 Å². The SMILES string of the molecule is O=C(CCCc1ccccc1)c1ccc(Cl)cc1. The van der Waals surface area contributed by atoms with E-state index in [4.69, 9.17) is 11.6 Å². The molecule has 0 N–H and O–H groups in total. The van der Waals surface area contributed by atoms with Crippen LogP contribution in [0.5, 0.6) is 0 Å². The molecule has 0 unspecified atom stereocenters.